The van der Waals surface area contributed by atoms with E-state index in [-0.39, 0.29) is 0 Å². The lowest BCUT2D eigenvalue weighted by Gasteiger charge is -2.16. The van der Waals surface area contributed by atoms with Gasteiger partial charge in [0.15, 0.2) is 5.76 Å². The molecule has 4 heteroatoms. The van der Waals surface area contributed by atoms with Gasteiger partial charge in [-0.25, -0.2) is 4.98 Å². The Bertz CT molecular complexity index is 461. The van der Waals surface area contributed by atoms with Gasteiger partial charge in [0.1, 0.15) is 5.82 Å². The van der Waals surface area contributed by atoms with Crippen LogP contribution in [0.25, 0.3) is 11.3 Å². The maximum atomic E-state index is 5.14. The number of aromatic nitrogens is 2. The van der Waals surface area contributed by atoms with Crippen LogP contribution in [-0.4, -0.2) is 23.2 Å². The largest absolute Gasteiger partial charge is 0.357 e. The summed E-state index contributed by atoms with van der Waals surface area (Å²) in [6.45, 7) is 2.21. The minimum absolute atomic E-state index is 0.794. The first-order valence-electron chi connectivity index (χ1n) is 5.55. The zero-order valence-electron chi connectivity index (χ0n) is 8.97. The first-order valence-corrected chi connectivity index (χ1v) is 5.55. The molecular weight excluding hydrogens is 202 g/mol. The summed E-state index contributed by atoms with van der Waals surface area (Å²) < 4.78 is 5.14. The number of nitrogens with zero attached hydrogens (tertiary/aromatic N) is 3. The van der Waals surface area contributed by atoms with Crippen molar-refractivity contribution in [3.05, 3.63) is 30.6 Å². The minimum atomic E-state index is 0.794. The van der Waals surface area contributed by atoms with Gasteiger partial charge in [0, 0.05) is 30.9 Å². The molecule has 1 fully saturated rings. The van der Waals surface area contributed by atoms with E-state index >= 15 is 0 Å². The molecule has 3 heterocycles. The lowest BCUT2D eigenvalue weighted by molar-refractivity contribution is 0.432. The molecule has 0 atom stereocenters. The summed E-state index contributed by atoms with van der Waals surface area (Å²) in [6, 6.07) is 5.87. The monoisotopic (exact) mass is 215 g/mol. The van der Waals surface area contributed by atoms with Crippen molar-refractivity contribution in [2.75, 3.05) is 18.0 Å². The predicted molar refractivity (Wildman–Crippen MR) is 61.2 cm³/mol. The molecule has 0 N–H and O–H groups in total. The maximum Gasteiger partial charge on any atom is 0.167 e. The zero-order valence-corrected chi connectivity index (χ0v) is 8.97. The van der Waals surface area contributed by atoms with Gasteiger partial charge in [-0.3, -0.25) is 0 Å². The Balaban J connectivity index is 1.93. The van der Waals surface area contributed by atoms with Gasteiger partial charge in [-0.1, -0.05) is 5.16 Å². The van der Waals surface area contributed by atoms with Crippen molar-refractivity contribution in [2.45, 2.75) is 12.8 Å². The molecule has 1 aliphatic rings. The van der Waals surface area contributed by atoms with Crippen LogP contribution in [0.4, 0.5) is 5.82 Å². The summed E-state index contributed by atoms with van der Waals surface area (Å²) in [5.74, 6) is 1.83. The fourth-order valence-corrected chi connectivity index (χ4v) is 2.06. The third kappa shape index (κ3) is 1.66. The highest BCUT2D eigenvalue weighted by atomic mass is 16.5. The predicted octanol–water partition coefficient (Wildman–Crippen LogP) is 2.34. The van der Waals surface area contributed by atoms with E-state index in [9.17, 15) is 0 Å². The molecular formula is C12H13N3O. The fraction of sp³-hybridized carbons (Fsp3) is 0.333. The molecule has 0 radical (unpaired) electrons. The molecule has 2 aromatic rings. The van der Waals surface area contributed by atoms with Crippen molar-refractivity contribution in [3.63, 3.8) is 0 Å². The molecule has 0 aliphatic carbocycles. The summed E-state index contributed by atoms with van der Waals surface area (Å²) >= 11 is 0. The van der Waals surface area contributed by atoms with Gasteiger partial charge in [-0.05, 0) is 25.0 Å². The Morgan fingerprint density at radius 2 is 2.00 bits per heavy atom. The van der Waals surface area contributed by atoms with E-state index in [2.05, 4.69) is 21.1 Å². The average Bonchev–Trinajstić information content (AvgIpc) is 3.03. The van der Waals surface area contributed by atoms with Gasteiger partial charge in [0.2, 0.25) is 0 Å². The van der Waals surface area contributed by atoms with E-state index in [1.807, 2.05) is 18.3 Å². The minimum Gasteiger partial charge on any atom is -0.357 e. The van der Waals surface area contributed by atoms with Crippen LogP contribution in [0.15, 0.2) is 35.1 Å². The summed E-state index contributed by atoms with van der Waals surface area (Å²) in [4.78, 5) is 6.70. The number of pyridine rings is 1. The third-order valence-corrected chi connectivity index (χ3v) is 2.90. The van der Waals surface area contributed by atoms with Gasteiger partial charge in [-0.2, -0.15) is 0 Å². The quantitative estimate of drug-likeness (QED) is 0.771. The Hall–Kier alpha value is -1.84. The van der Waals surface area contributed by atoms with Gasteiger partial charge in [0.25, 0.3) is 0 Å². The molecule has 2 aromatic heterocycles. The first-order chi connectivity index (χ1) is 7.93. The van der Waals surface area contributed by atoms with Crippen LogP contribution in [-0.2, 0) is 0 Å². The highest BCUT2D eigenvalue weighted by Crippen LogP contribution is 2.24. The molecule has 3 rings (SSSR count). The smallest absolute Gasteiger partial charge is 0.167 e. The van der Waals surface area contributed by atoms with Gasteiger partial charge >= 0.3 is 0 Å². The highest BCUT2D eigenvalue weighted by molar-refractivity contribution is 5.61. The molecule has 0 aromatic carbocycles. The summed E-state index contributed by atoms with van der Waals surface area (Å²) in [6.07, 6.45) is 6.00. The van der Waals surface area contributed by atoms with Crippen molar-refractivity contribution in [2.24, 2.45) is 0 Å². The van der Waals surface area contributed by atoms with E-state index < -0.39 is 0 Å². The molecule has 0 amide bonds. The van der Waals surface area contributed by atoms with E-state index in [1.54, 1.807) is 6.20 Å². The van der Waals surface area contributed by atoms with Crippen LogP contribution in [0.2, 0.25) is 0 Å². The number of anilines is 1. The van der Waals surface area contributed by atoms with E-state index in [4.69, 9.17) is 4.52 Å². The molecule has 0 bridgehead atoms. The number of hydrogen-bond acceptors (Lipinski definition) is 4. The van der Waals surface area contributed by atoms with Crippen LogP contribution in [0, 0.1) is 0 Å². The van der Waals surface area contributed by atoms with Gasteiger partial charge < -0.3 is 9.42 Å². The molecule has 82 valence electrons. The van der Waals surface area contributed by atoms with E-state index in [1.165, 1.54) is 12.8 Å². The average molecular weight is 215 g/mol. The molecule has 0 unspecified atom stereocenters. The lowest BCUT2D eigenvalue weighted by atomic mass is 10.2. The fourth-order valence-electron chi connectivity index (χ4n) is 2.06. The van der Waals surface area contributed by atoms with Gasteiger partial charge in [0.05, 0.1) is 6.20 Å². The molecule has 4 nitrogen and oxygen atoms in total. The van der Waals surface area contributed by atoms with E-state index in [0.717, 1.165) is 30.2 Å². The summed E-state index contributed by atoms with van der Waals surface area (Å²) in [7, 11) is 0. The normalized spacial score (nSPS) is 15.6. The molecule has 1 saturated heterocycles. The maximum absolute atomic E-state index is 5.14. The Kier molecular flexibility index (Phi) is 2.33. The number of rotatable bonds is 2. The van der Waals surface area contributed by atoms with Crippen LogP contribution >= 0.6 is 0 Å². The third-order valence-electron chi connectivity index (χ3n) is 2.90. The van der Waals surface area contributed by atoms with Crippen molar-refractivity contribution < 1.29 is 4.52 Å². The highest BCUT2D eigenvalue weighted by Gasteiger charge is 2.14. The zero-order chi connectivity index (χ0) is 10.8. The molecule has 1 aliphatic heterocycles. The van der Waals surface area contributed by atoms with Crippen LogP contribution in [0.1, 0.15) is 12.8 Å². The summed E-state index contributed by atoms with van der Waals surface area (Å²) in [5, 5.41) is 3.72. The lowest BCUT2D eigenvalue weighted by Crippen LogP contribution is -2.18. The van der Waals surface area contributed by atoms with Crippen molar-refractivity contribution in [1.82, 2.24) is 10.1 Å². The SMILES string of the molecule is c1cc(-c2ccnc(N3CCCC3)c2)on1. The summed E-state index contributed by atoms with van der Waals surface area (Å²) in [5.41, 5.74) is 1.04. The van der Waals surface area contributed by atoms with Gasteiger partial charge in [-0.15, -0.1) is 0 Å². The number of hydrogen-bond donors (Lipinski definition) is 0. The van der Waals surface area contributed by atoms with Crippen LogP contribution in [0.3, 0.4) is 0 Å². The van der Waals surface area contributed by atoms with Crippen molar-refractivity contribution in [1.29, 1.82) is 0 Å². The van der Waals surface area contributed by atoms with Crippen molar-refractivity contribution in [3.8, 4) is 11.3 Å². The second kappa shape index (κ2) is 3.96. The standard InChI is InChI=1S/C12H13N3O/c1-2-8-15(7-1)12-9-10(3-5-13-12)11-4-6-14-16-11/h3-6,9H,1-2,7-8H2. The first kappa shape index (κ1) is 9.39. The van der Waals surface area contributed by atoms with Crippen molar-refractivity contribution >= 4 is 5.82 Å². The Labute approximate surface area is 93.9 Å². The van der Waals surface area contributed by atoms with E-state index in [0.29, 0.717) is 0 Å². The Morgan fingerprint density at radius 3 is 2.75 bits per heavy atom. The Morgan fingerprint density at radius 1 is 1.12 bits per heavy atom. The second-order valence-corrected chi connectivity index (χ2v) is 3.97. The topological polar surface area (TPSA) is 42.2 Å². The second-order valence-electron chi connectivity index (χ2n) is 3.97. The van der Waals surface area contributed by atoms with Crippen LogP contribution in [0.5, 0.6) is 0 Å². The molecule has 0 saturated carbocycles. The molecule has 0 spiro atoms. The molecule has 16 heavy (non-hydrogen) atoms. The van der Waals surface area contributed by atoms with Crippen LogP contribution < -0.4 is 4.90 Å².